The molecule has 1 aromatic heterocycles. The Kier molecular flexibility index (Phi) is 3.06. The van der Waals surface area contributed by atoms with Crippen LogP contribution in [-0.4, -0.2) is 22.7 Å². The van der Waals surface area contributed by atoms with Crippen molar-refractivity contribution in [1.82, 2.24) is 10.3 Å². The number of rotatable bonds is 2. The number of aromatic amines is 1. The minimum Gasteiger partial charge on any atom is -0.395 e. The lowest BCUT2D eigenvalue weighted by atomic mass is 9.80. The van der Waals surface area contributed by atoms with Crippen molar-refractivity contribution in [2.45, 2.75) is 24.9 Å². The number of hydrogen-bond donors (Lipinski definition) is 3. The van der Waals surface area contributed by atoms with Gasteiger partial charge in [-0.1, -0.05) is 48.5 Å². The van der Waals surface area contributed by atoms with E-state index in [0.29, 0.717) is 0 Å². The summed E-state index contributed by atoms with van der Waals surface area (Å²) in [5.74, 6) is 0. The molecule has 0 radical (unpaired) electrons. The number of H-pyrrole nitrogens is 1. The number of benzene rings is 2. The molecule has 1 aliphatic rings. The molecule has 0 aliphatic carbocycles. The van der Waals surface area contributed by atoms with E-state index in [-0.39, 0.29) is 18.2 Å². The number of aliphatic hydroxyl groups excluding tert-OH is 1. The Morgan fingerprint density at radius 2 is 1.82 bits per heavy atom. The van der Waals surface area contributed by atoms with Gasteiger partial charge in [-0.05, 0) is 30.5 Å². The molecule has 4 rings (SSSR count). The van der Waals surface area contributed by atoms with Gasteiger partial charge in [-0.3, -0.25) is 5.32 Å². The van der Waals surface area contributed by atoms with Crippen LogP contribution in [0.25, 0.3) is 10.9 Å². The zero-order valence-electron chi connectivity index (χ0n) is 12.6. The summed E-state index contributed by atoms with van der Waals surface area (Å²) in [4.78, 5) is 3.61. The first-order valence-electron chi connectivity index (χ1n) is 7.76. The summed E-state index contributed by atoms with van der Waals surface area (Å²) in [6.45, 7) is 2.33. The second-order valence-corrected chi connectivity index (χ2v) is 6.24. The third-order valence-corrected chi connectivity index (χ3v) is 4.83. The number of aliphatic hydroxyl groups is 1. The van der Waals surface area contributed by atoms with E-state index in [9.17, 15) is 5.11 Å². The fourth-order valence-corrected chi connectivity index (χ4v) is 3.73. The lowest BCUT2D eigenvalue weighted by molar-refractivity contribution is 0.204. The van der Waals surface area contributed by atoms with Crippen LogP contribution >= 0.6 is 0 Å². The van der Waals surface area contributed by atoms with Gasteiger partial charge in [0.2, 0.25) is 0 Å². The largest absolute Gasteiger partial charge is 0.395 e. The van der Waals surface area contributed by atoms with Crippen molar-refractivity contribution in [1.29, 1.82) is 0 Å². The van der Waals surface area contributed by atoms with Gasteiger partial charge in [-0.2, -0.15) is 0 Å². The molecule has 3 aromatic rings. The van der Waals surface area contributed by atoms with E-state index in [1.165, 1.54) is 22.2 Å². The first-order valence-corrected chi connectivity index (χ1v) is 7.76. The fraction of sp³-hybridized carbons (Fsp3) is 0.263. The molecule has 2 atom stereocenters. The van der Waals surface area contributed by atoms with Gasteiger partial charge in [0.15, 0.2) is 0 Å². The minimum atomic E-state index is -0.318. The van der Waals surface area contributed by atoms with Crippen LogP contribution in [0.1, 0.15) is 23.7 Å². The van der Waals surface area contributed by atoms with Crippen molar-refractivity contribution < 1.29 is 5.11 Å². The maximum absolute atomic E-state index is 9.73. The van der Waals surface area contributed by atoms with Crippen LogP contribution in [-0.2, 0) is 12.0 Å². The molecule has 3 nitrogen and oxygen atoms in total. The number of fused-ring (bicyclic) bond motifs is 3. The molecule has 0 saturated carbocycles. The lowest BCUT2D eigenvalue weighted by Crippen LogP contribution is -2.53. The molecular weight excluding hydrogens is 272 g/mol. The number of aromatic nitrogens is 1. The summed E-state index contributed by atoms with van der Waals surface area (Å²) in [6.07, 6.45) is 0.846. The highest BCUT2D eigenvalue weighted by Gasteiger charge is 2.39. The van der Waals surface area contributed by atoms with Crippen LogP contribution < -0.4 is 5.32 Å². The van der Waals surface area contributed by atoms with Crippen LogP contribution in [0.5, 0.6) is 0 Å². The fourth-order valence-electron chi connectivity index (χ4n) is 3.73. The number of nitrogens with one attached hydrogen (secondary N) is 2. The third-order valence-electron chi connectivity index (χ3n) is 4.83. The Labute approximate surface area is 130 Å². The van der Waals surface area contributed by atoms with Crippen LogP contribution in [0.15, 0.2) is 54.6 Å². The van der Waals surface area contributed by atoms with Gasteiger partial charge >= 0.3 is 0 Å². The molecule has 0 fully saturated rings. The predicted molar refractivity (Wildman–Crippen MR) is 88.9 cm³/mol. The summed E-state index contributed by atoms with van der Waals surface area (Å²) >= 11 is 0. The highest BCUT2D eigenvalue weighted by Crippen LogP contribution is 2.39. The molecule has 1 aliphatic heterocycles. The van der Waals surface area contributed by atoms with E-state index in [4.69, 9.17) is 0 Å². The van der Waals surface area contributed by atoms with E-state index < -0.39 is 0 Å². The van der Waals surface area contributed by atoms with Gasteiger partial charge < -0.3 is 10.1 Å². The molecule has 22 heavy (non-hydrogen) atoms. The lowest BCUT2D eigenvalue weighted by Gasteiger charge is -2.40. The van der Waals surface area contributed by atoms with E-state index in [1.54, 1.807) is 0 Å². The molecule has 0 spiro atoms. The van der Waals surface area contributed by atoms with Crippen molar-refractivity contribution in [3.63, 3.8) is 0 Å². The zero-order chi connectivity index (χ0) is 15.2. The average molecular weight is 292 g/mol. The van der Waals surface area contributed by atoms with Gasteiger partial charge in [-0.15, -0.1) is 0 Å². The molecular formula is C19H20N2O. The molecule has 0 bridgehead atoms. The van der Waals surface area contributed by atoms with Crippen molar-refractivity contribution in [3.05, 3.63) is 71.4 Å². The summed E-state index contributed by atoms with van der Waals surface area (Å²) in [5.41, 5.74) is 4.58. The van der Waals surface area contributed by atoms with Crippen LogP contribution in [0.4, 0.5) is 0 Å². The molecule has 3 heteroatoms. The summed E-state index contributed by atoms with van der Waals surface area (Å²) in [6, 6.07) is 18.9. The second kappa shape index (κ2) is 4.97. The maximum Gasteiger partial charge on any atom is 0.0819 e. The Hall–Kier alpha value is -2.10. The van der Waals surface area contributed by atoms with Gasteiger partial charge in [0.05, 0.1) is 12.1 Å². The highest BCUT2D eigenvalue weighted by atomic mass is 16.3. The molecule has 0 saturated heterocycles. The topological polar surface area (TPSA) is 48.0 Å². The quantitative estimate of drug-likeness (QED) is 0.680. The van der Waals surface area contributed by atoms with E-state index in [0.717, 1.165) is 11.9 Å². The Morgan fingerprint density at radius 1 is 1.09 bits per heavy atom. The molecule has 0 amide bonds. The summed E-state index contributed by atoms with van der Waals surface area (Å²) < 4.78 is 0. The van der Waals surface area contributed by atoms with E-state index in [2.05, 4.69) is 65.8 Å². The van der Waals surface area contributed by atoms with Gasteiger partial charge in [0.25, 0.3) is 0 Å². The summed E-state index contributed by atoms with van der Waals surface area (Å²) in [7, 11) is 0. The van der Waals surface area contributed by atoms with Crippen LogP contribution in [0, 0.1) is 0 Å². The molecule has 0 unspecified atom stereocenters. The minimum absolute atomic E-state index is 0.0666. The van der Waals surface area contributed by atoms with Crippen LogP contribution in [0.2, 0.25) is 0 Å². The smallest absolute Gasteiger partial charge is 0.0819 e. The Bertz CT molecular complexity index is 809. The Morgan fingerprint density at radius 3 is 2.59 bits per heavy atom. The third kappa shape index (κ3) is 1.90. The highest BCUT2D eigenvalue weighted by molar-refractivity contribution is 5.85. The van der Waals surface area contributed by atoms with Crippen molar-refractivity contribution >= 4 is 10.9 Å². The van der Waals surface area contributed by atoms with E-state index >= 15 is 0 Å². The molecule has 2 heterocycles. The average Bonchev–Trinajstić information content (AvgIpc) is 2.95. The normalized spacial score (nSPS) is 24.4. The van der Waals surface area contributed by atoms with Crippen molar-refractivity contribution in [2.75, 3.05) is 6.61 Å². The molecule has 112 valence electrons. The van der Waals surface area contributed by atoms with Gasteiger partial charge in [0, 0.05) is 22.6 Å². The van der Waals surface area contributed by atoms with Crippen molar-refractivity contribution in [2.24, 2.45) is 0 Å². The molecule has 2 aromatic carbocycles. The number of hydrogen-bond acceptors (Lipinski definition) is 2. The first-order chi connectivity index (χ1) is 10.7. The SMILES string of the molecule is C[C@@]1(c2ccccc2)N[C@@H](CO)Cc2c1[nH]c1ccccc21. The van der Waals surface area contributed by atoms with Crippen molar-refractivity contribution in [3.8, 4) is 0 Å². The Balaban J connectivity index is 1.98. The predicted octanol–water partition coefficient (Wildman–Crippen LogP) is 2.94. The van der Waals surface area contributed by atoms with Gasteiger partial charge in [-0.25, -0.2) is 0 Å². The first kappa shape index (κ1) is 13.6. The monoisotopic (exact) mass is 292 g/mol. The van der Waals surface area contributed by atoms with E-state index in [1.807, 2.05) is 6.07 Å². The maximum atomic E-state index is 9.73. The zero-order valence-corrected chi connectivity index (χ0v) is 12.6. The second-order valence-electron chi connectivity index (χ2n) is 6.24. The number of para-hydroxylation sites is 1. The standard InChI is InChI=1S/C19H20N2O/c1-19(13-7-3-2-4-8-13)18-16(11-14(12-22)21-19)15-9-5-6-10-17(15)20-18/h2-10,14,20-22H,11-12H2,1H3/t14-,19+/m1/s1. The van der Waals surface area contributed by atoms with Gasteiger partial charge in [0.1, 0.15) is 0 Å². The van der Waals surface area contributed by atoms with Crippen LogP contribution in [0.3, 0.4) is 0 Å². The molecule has 3 N–H and O–H groups in total. The summed E-state index contributed by atoms with van der Waals surface area (Å²) in [5, 5.41) is 14.6.